The summed E-state index contributed by atoms with van der Waals surface area (Å²) in [5.74, 6) is -0.180. The number of benzene rings is 3. The Balaban J connectivity index is 1.42. The monoisotopic (exact) mass is 789 g/mol. The normalized spacial score (nSPS) is 12.9. The molecule has 1 aromatic heterocycles. The zero-order valence-corrected chi connectivity index (χ0v) is 26.4. The Morgan fingerprint density at radius 1 is 1.00 bits per heavy atom. The first-order valence-electron chi connectivity index (χ1n) is 10.2. The van der Waals surface area contributed by atoms with Gasteiger partial charge in [-0.15, -0.1) is 11.3 Å². The van der Waals surface area contributed by atoms with Crippen LogP contribution >= 0.6 is 86.8 Å². The zero-order chi connectivity index (χ0) is 26.6. The molecule has 37 heavy (non-hydrogen) atoms. The number of thioether (sulfide) groups is 1. The summed E-state index contributed by atoms with van der Waals surface area (Å²) in [7, 11) is 1.39. The van der Waals surface area contributed by atoms with Crippen LogP contribution in [0.3, 0.4) is 0 Å². The zero-order valence-electron chi connectivity index (χ0n) is 18.4. The van der Waals surface area contributed by atoms with E-state index in [1.165, 1.54) is 36.3 Å². The van der Waals surface area contributed by atoms with Crippen molar-refractivity contribution in [3.05, 3.63) is 81.1 Å². The molecule has 2 amide bonds. The molecule has 0 fully saturated rings. The third-order valence-electron chi connectivity index (χ3n) is 5.51. The maximum absolute atomic E-state index is 13.3. The summed E-state index contributed by atoms with van der Waals surface area (Å²) in [5.41, 5.74) is 2.39. The molecule has 0 saturated carbocycles. The standard InChI is InChI=1S/C23H11Br4N3O5S2/c1-35-13-5-2-9(6-12(13)30(33)34)8-36-23-28-11-4-3-10(7-14(11)37-23)29-21(31)15-16(22(29)32)18(25)20(27)19(26)17(15)24/h2-7H,8H2,1H3. The first-order valence-corrected chi connectivity index (χ1v) is 15.2. The maximum Gasteiger partial charge on any atom is 0.311 e. The van der Waals surface area contributed by atoms with E-state index in [-0.39, 0.29) is 22.6 Å². The number of nitro groups is 1. The molecule has 188 valence electrons. The highest BCUT2D eigenvalue weighted by molar-refractivity contribution is 9.15. The molecule has 0 N–H and O–H groups in total. The number of halogens is 4. The van der Waals surface area contributed by atoms with Crippen LogP contribution in [0.4, 0.5) is 11.4 Å². The number of hydrogen-bond donors (Lipinski definition) is 0. The summed E-state index contributed by atoms with van der Waals surface area (Å²) in [4.78, 5) is 43.2. The molecule has 0 radical (unpaired) electrons. The number of imide groups is 1. The fraction of sp³-hybridized carbons (Fsp3) is 0.0870. The molecule has 0 atom stereocenters. The number of fused-ring (bicyclic) bond motifs is 2. The van der Waals surface area contributed by atoms with Crippen LogP contribution in [0, 0.1) is 10.1 Å². The molecule has 1 aliphatic heterocycles. The van der Waals surface area contributed by atoms with Crippen molar-refractivity contribution in [3.63, 3.8) is 0 Å². The van der Waals surface area contributed by atoms with Crippen LogP contribution in [0.15, 0.2) is 58.6 Å². The Kier molecular flexibility index (Phi) is 7.50. The molecule has 4 aromatic rings. The van der Waals surface area contributed by atoms with Gasteiger partial charge in [0.15, 0.2) is 10.1 Å². The molecule has 0 bridgehead atoms. The Morgan fingerprint density at radius 3 is 2.24 bits per heavy atom. The SMILES string of the molecule is COc1ccc(CSc2nc3ccc(N4C(=O)c5c(Br)c(Br)c(Br)c(Br)c5C4=O)cc3s2)cc1[N+](=O)[O-]. The van der Waals surface area contributed by atoms with E-state index < -0.39 is 16.7 Å². The average Bonchev–Trinajstić information content (AvgIpc) is 3.41. The maximum atomic E-state index is 13.3. The van der Waals surface area contributed by atoms with Crippen LogP contribution in [0.25, 0.3) is 10.2 Å². The van der Waals surface area contributed by atoms with E-state index >= 15 is 0 Å². The first kappa shape index (κ1) is 26.8. The van der Waals surface area contributed by atoms with Gasteiger partial charge in [0.1, 0.15) is 0 Å². The van der Waals surface area contributed by atoms with Crippen molar-refractivity contribution in [1.29, 1.82) is 0 Å². The van der Waals surface area contributed by atoms with E-state index in [0.29, 0.717) is 29.3 Å². The van der Waals surface area contributed by atoms with Gasteiger partial charge in [-0.3, -0.25) is 19.7 Å². The van der Waals surface area contributed by atoms with Crippen LogP contribution in [0.2, 0.25) is 0 Å². The van der Waals surface area contributed by atoms with Crippen LogP contribution in [-0.4, -0.2) is 28.8 Å². The molecule has 0 saturated heterocycles. The fourth-order valence-electron chi connectivity index (χ4n) is 3.79. The van der Waals surface area contributed by atoms with Gasteiger partial charge in [0.2, 0.25) is 0 Å². The number of methoxy groups -OCH3 is 1. The number of thiazole rings is 1. The van der Waals surface area contributed by atoms with E-state index in [1.807, 2.05) is 0 Å². The minimum atomic E-state index is -0.472. The number of aromatic nitrogens is 1. The summed E-state index contributed by atoms with van der Waals surface area (Å²) in [6, 6.07) is 10.1. The lowest BCUT2D eigenvalue weighted by Crippen LogP contribution is -2.29. The van der Waals surface area contributed by atoms with Crippen LogP contribution in [0.1, 0.15) is 26.3 Å². The molecular weight excluding hydrogens is 782 g/mol. The number of carbonyl (C=O) groups excluding carboxylic acids is 2. The minimum Gasteiger partial charge on any atom is -0.490 e. The molecule has 2 heterocycles. The van der Waals surface area contributed by atoms with Crippen molar-refractivity contribution in [2.24, 2.45) is 0 Å². The summed E-state index contributed by atoms with van der Waals surface area (Å²) < 4.78 is 8.86. The second kappa shape index (κ2) is 10.4. The molecule has 0 spiro atoms. The third-order valence-corrected chi connectivity index (χ3v) is 12.5. The Hall–Kier alpha value is -1.84. The lowest BCUT2D eigenvalue weighted by atomic mass is 10.1. The number of ether oxygens (including phenoxy) is 1. The molecule has 0 aliphatic carbocycles. The number of carbonyl (C=O) groups is 2. The Labute approximate surface area is 251 Å². The first-order chi connectivity index (χ1) is 17.6. The predicted molar refractivity (Wildman–Crippen MR) is 157 cm³/mol. The van der Waals surface area contributed by atoms with Crippen molar-refractivity contribution in [2.45, 2.75) is 10.1 Å². The number of hydrogen-bond acceptors (Lipinski definition) is 8. The molecular formula is C23H11Br4N3O5S2. The number of amides is 2. The molecule has 3 aromatic carbocycles. The van der Waals surface area contributed by atoms with E-state index in [4.69, 9.17) is 4.74 Å². The van der Waals surface area contributed by atoms with E-state index in [1.54, 1.807) is 30.3 Å². The van der Waals surface area contributed by atoms with Crippen molar-refractivity contribution < 1.29 is 19.2 Å². The molecule has 0 unspecified atom stereocenters. The summed E-state index contributed by atoms with van der Waals surface area (Å²) in [6.07, 6.45) is 0. The highest BCUT2D eigenvalue weighted by Crippen LogP contribution is 2.46. The second-order valence-corrected chi connectivity index (χ2v) is 13.1. The molecule has 14 heteroatoms. The summed E-state index contributed by atoms with van der Waals surface area (Å²) >= 11 is 16.6. The Bertz CT molecular complexity index is 1610. The van der Waals surface area contributed by atoms with E-state index in [2.05, 4.69) is 68.7 Å². The van der Waals surface area contributed by atoms with Crippen molar-refractivity contribution >= 4 is 120 Å². The number of anilines is 1. The van der Waals surface area contributed by atoms with Gasteiger partial charge in [-0.25, -0.2) is 9.88 Å². The van der Waals surface area contributed by atoms with Crippen LogP contribution < -0.4 is 9.64 Å². The summed E-state index contributed by atoms with van der Waals surface area (Å²) in [6.45, 7) is 0. The van der Waals surface area contributed by atoms with E-state index in [0.717, 1.165) is 25.0 Å². The fourth-order valence-corrected chi connectivity index (χ4v) is 8.29. The molecule has 8 nitrogen and oxygen atoms in total. The van der Waals surface area contributed by atoms with Crippen molar-refractivity contribution in [3.8, 4) is 5.75 Å². The van der Waals surface area contributed by atoms with Crippen molar-refractivity contribution in [1.82, 2.24) is 4.98 Å². The second-order valence-electron chi connectivity index (χ2n) is 7.64. The Morgan fingerprint density at radius 2 is 1.65 bits per heavy atom. The quantitative estimate of drug-likeness (QED) is 0.0483. The lowest BCUT2D eigenvalue weighted by molar-refractivity contribution is -0.385. The van der Waals surface area contributed by atoms with E-state index in [9.17, 15) is 19.7 Å². The third kappa shape index (κ3) is 4.65. The largest absolute Gasteiger partial charge is 0.490 e. The predicted octanol–water partition coefficient (Wildman–Crippen LogP) is 8.36. The van der Waals surface area contributed by atoms with Gasteiger partial charge in [-0.1, -0.05) is 17.8 Å². The van der Waals surface area contributed by atoms with Crippen molar-refractivity contribution in [2.75, 3.05) is 12.0 Å². The molecule has 1 aliphatic rings. The van der Waals surface area contributed by atoms with Gasteiger partial charge >= 0.3 is 5.69 Å². The van der Waals surface area contributed by atoms with Gasteiger partial charge in [0, 0.05) is 29.7 Å². The minimum absolute atomic E-state index is 0.0900. The van der Waals surface area contributed by atoms with Gasteiger partial charge in [-0.05, 0) is 93.5 Å². The molecule has 5 rings (SSSR count). The van der Waals surface area contributed by atoms with Gasteiger partial charge < -0.3 is 4.74 Å². The van der Waals surface area contributed by atoms with Crippen LogP contribution in [0.5, 0.6) is 5.75 Å². The lowest BCUT2D eigenvalue weighted by Gasteiger charge is -2.13. The topological polar surface area (TPSA) is 103 Å². The summed E-state index contributed by atoms with van der Waals surface area (Å²) in [5, 5.41) is 11.3. The highest BCUT2D eigenvalue weighted by atomic mass is 79.9. The smallest absolute Gasteiger partial charge is 0.311 e. The van der Waals surface area contributed by atoms with Gasteiger partial charge in [0.05, 0.1) is 39.1 Å². The number of rotatable bonds is 6. The highest BCUT2D eigenvalue weighted by Gasteiger charge is 2.42. The number of nitro benzene ring substituents is 1. The van der Waals surface area contributed by atoms with Crippen LogP contribution in [-0.2, 0) is 5.75 Å². The van der Waals surface area contributed by atoms with Gasteiger partial charge in [0.25, 0.3) is 11.8 Å². The number of nitrogens with zero attached hydrogens (tertiary/aromatic N) is 3. The average molecular weight is 793 g/mol. The van der Waals surface area contributed by atoms with Gasteiger partial charge in [-0.2, -0.15) is 0 Å².